The fourth-order valence-corrected chi connectivity index (χ4v) is 0.294. The molecule has 15 heavy (non-hydrogen) atoms. The summed E-state index contributed by atoms with van der Waals surface area (Å²) in [6.07, 6.45) is -0.257. The third-order valence-corrected chi connectivity index (χ3v) is 0.767. The second kappa shape index (κ2) is 23.5. The number of hydrogen-bond acceptors (Lipinski definition) is 6. The van der Waals surface area contributed by atoms with Gasteiger partial charge in [-0.05, 0) is 20.3 Å². The van der Waals surface area contributed by atoms with Gasteiger partial charge in [-0.15, -0.1) is 0 Å². The quantitative estimate of drug-likeness (QED) is 0.374. The molecule has 5 N–H and O–H groups in total. The zero-order chi connectivity index (χ0) is 12.5. The van der Waals surface area contributed by atoms with Gasteiger partial charge in [0.1, 0.15) is 0 Å². The maximum absolute atomic E-state index is 8.35. The van der Waals surface area contributed by atoms with E-state index in [1.165, 1.54) is 6.92 Å². The van der Waals surface area contributed by atoms with Gasteiger partial charge < -0.3 is 30.3 Å². The van der Waals surface area contributed by atoms with E-state index in [4.69, 9.17) is 25.5 Å². The van der Waals surface area contributed by atoms with E-state index in [0.717, 1.165) is 0 Å². The van der Waals surface area contributed by atoms with Gasteiger partial charge >= 0.3 is 0 Å². The lowest BCUT2D eigenvalue weighted by Crippen LogP contribution is -2.09. The van der Waals surface area contributed by atoms with E-state index in [0.29, 0.717) is 6.42 Å². The van der Waals surface area contributed by atoms with Crippen molar-refractivity contribution in [1.82, 2.24) is 0 Å². The van der Waals surface area contributed by atoms with Crippen LogP contribution >= 0.6 is 0 Å². The Morgan fingerprint density at radius 2 is 1.40 bits per heavy atom. The molecule has 0 fully saturated rings. The SMILES string of the molecule is CC(O)OCCO.CCO.OCCCO. The van der Waals surface area contributed by atoms with Gasteiger partial charge in [-0.3, -0.25) is 0 Å². The molecule has 6 nitrogen and oxygen atoms in total. The van der Waals surface area contributed by atoms with Crippen LogP contribution in [0, 0.1) is 0 Å². The molecular formula is C9H24O6. The smallest absolute Gasteiger partial charge is 0.151 e. The molecule has 0 aliphatic heterocycles. The topological polar surface area (TPSA) is 110 Å². The largest absolute Gasteiger partial charge is 0.397 e. The molecule has 0 saturated carbocycles. The first-order valence-corrected chi connectivity index (χ1v) is 4.83. The van der Waals surface area contributed by atoms with Gasteiger partial charge in [0.2, 0.25) is 0 Å². The Morgan fingerprint density at radius 1 is 1.00 bits per heavy atom. The maximum Gasteiger partial charge on any atom is 0.151 e. The van der Waals surface area contributed by atoms with Crippen LogP contribution in [0.2, 0.25) is 0 Å². The monoisotopic (exact) mass is 228 g/mol. The minimum atomic E-state index is -0.757. The predicted molar refractivity (Wildman–Crippen MR) is 56.3 cm³/mol. The average molecular weight is 228 g/mol. The Bertz CT molecular complexity index is 77.0. The van der Waals surface area contributed by atoms with Crippen LogP contribution in [0.15, 0.2) is 0 Å². The van der Waals surface area contributed by atoms with Gasteiger partial charge in [0.15, 0.2) is 6.29 Å². The summed E-state index contributed by atoms with van der Waals surface area (Å²) in [5.74, 6) is 0. The Morgan fingerprint density at radius 3 is 1.47 bits per heavy atom. The van der Waals surface area contributed by atoms with E-state index in [9.17, 15) is 0 Å². The number of aliphatic hydroxyl groups excluding tert-OH is 5. The van der Waals surface area contributed by atoms with Crippen LogP contribution in [0.3, 0.4) is 0 Å². The van der Waals surface area contributed by atoms with Crippen molar-refractivity contribution in [2.75, 3.05) is 33.0 Å². The van der Waals surface area contributed by atoms with Gasteiger partial charge in [0.25, 0.3) is 0 Å². The predicted octanol–water partition coefficient (Wildman–Crippen LogP) is -1.31. The molecule has 0 amide bonds. The van der Waals surface area contributed by atoms with E-state index in [1.807, 2.05) is 0 Å². The summed E-state index contributed by atoms with van der Waals surface area (Å²) in [7, 11) is 0. The molecule has 0 bridgehead atoms. The van der Waals surface area contributed by atoms with Crippen LogP contribution in [0.25, 0.3) is 0 Å². The normalized spacial score (nSPS) is 10.6. The van der Waals surface area contributed by atoms with Crippen molar-refractivity contribution in [2.45, 2.75) is 26.6 Å². The molecule has 0 aromatic carbocycles. The molecule has 0 aromatic rings. The Labute approximate surface area is 90.8 Å². The third kappa shape index (κ3) is 57.4. The lowest BCUT2D eigenvalue weighted by atomic mass is 10.5. The van der Waals surface area contributed by atoms with E-state index in [1.54, 1.807) is 6.92 Å². The minimum absolute atomic E-state index is 0.0368. The number of ether oxygens (including phenoxy) is 1. The van der Waals surface area contributed by atoms with E-state index in [2.05, 4.69) is 4.74 Å². The molecule has 1 atom stereocenters. The first kappa shape index (κ1) is 20.2. The minimum Gasteiger partial charge on any atom is -0.397 e. The van der Waals surface area contributed by atoms with Gasteiger partial charge in [-0.1, -0.05) is 0 Å². The Balaban J connectivity index is -0.000000158. The maximum atomic E-state index is 8.35. The highest BCUT2D eigenvalue weighted by atomic mass is 16.6. The Kier molecular flexibility index (Phi) is 31.7. The molecule has 0 aromatic heterocycles. The second-order valence-electron chi connectivity index (χ2n) is 2.31. The van der Waals surface area contributed by atoms with E-state index >= 15 is 0 Å². The molecule has 6 heteroatoms. The Hall–Kier alpha value is -0.240. The van der Waals surface area contributed by atoms with Crippen molar-refractivity contribution >= 4 is 0 Å². The second-order valence-corrected chi connectivity index (χ2v) is 2.31. The summed E-state index contributed by atoms with van der Waals surface area (Å²) in [6, 6.07) is 0. The van der Waals surface area contributed by atoms with Crippen LogP contribution in [-0.2, 0) is 4.74 Å². The summed E-state index contributed by atoms with van der Waals surface area (Å²) >= 11 is 0. The van der Waals surface area contributed by atoms with Gasteiger partial charge in [0.05, 0.1) is 13.2 Å². The molecule has 0 spiro atoms. The van der Waals surface area contributed by atoms with Crippen molar-refractivity contribution in [3.05, 3.63) is 0 Å². The summed E-state index contributed by atoms with van der Waals surface area (Å²) in [5, 5.41) is 39.8. The van der Waals surface area contributed by atoms with Crippen molar-refractivity contribution in [1.29, 1.82) is 0 Å². The van der Waals surface area contributed by atoms with E-state index < -0.39 is 6.29 Å². The first-order valence-electron chi connectivity index (χ1n) is 4.83. The van der Waals surface area contributed by atoms with Crippen LogP contribution in [0.1, 0.15) is 20.3 Å². The van der Waals surface area contributed by atoms with Gasteiger partial charge in [-0.25, -0.2) is 0 Å². The van der Waals surface area contributed by atoms with Crippen molar-refractivity contribution < 1.29 is 30.3 Å². The lowest BCUT2D eigenvalue weighted by Gasteiger charge is -2.01. The summed E-state index contributed by atoms with van der Waals surface area (Å²) in [5.41, 5.74) is 0. The van der Waals surface area contributed by atoms with Crippen molar-refractivity contribution in [3.63, 3.8) is 0 Å². The number of rotatable bonds is 5. The average Bonchev–Trinajstić information content (AvgIpc) is 2.18. The third-order valence-electron chi connectivity index (χ3n) is 0.767. The van der Waals surface area contributed by atoms with Crippen LogP contribution in [-0.4, -0.2) is 64.9 Å². The number of hydrogen-bond donors (Lipinski definition) is 5. The highest BCUT2D eigenvalue weighted by Gasteiger charge is 1.89. The molecule has 0 rings (SSSR count). The standard InChI is InChI=1S/C4H10O3.C3H8O2.C2H6O/c1-4(6)7-3-2-5;4-2-1-3-5;1-2-3/h4-6H,2-3H2,1H3;4-5H,1-3H2;3H,2H2,1H3. The van der Waals surface area contributed by atoms with Crippen LogP contribution in [0.5, 0.6) is 0 Å². The zero-order valence-corrected chi connectivity index (χ0v) is 9.46. The highest BCUT2D eigenvalue weighted by molar-refractivity contribution is 4.24. The molecule has 1 unspecified atom stereocenters. The number of aliphatic hydroxyl groups is 5. The summed E-state index contributed by atoms with van der Waals surface area (Å²) in [4.78, 5) is 0. The fourth-order valence-electron chi connectivity index (χ4n) is 0.294. The molecule has 0 radical (unpaired) electrons. The van der Waals surface area contributed by atoms with Gasteiger partial charge in [-0.2, -0.15) is 0 Å². The van der Waals surface area contributed by atoms with Gasteiger partial charge in [0, 0.05) is 19.8 Å². The first-order chi connectivity index (χ1) is 7.10. The molecular weight excluding hydrogens is 204 g/mol. The summed E-state index contributed by atoms with van der Waals surface area (Å²) < 4.78 is 4.50. The van der Waals surface area contributed by atoms with Crippen LogP contribution < -0.4 is 0 Å². The summed E-state index contributed by atoms with van der Waals surface area (Å²) in [6.45, 7) is 3.78. The fraction of sp³-hybridized carbons (Fsp3) is 1.00. The molecule has 0 heterocycles. The van der Waals surface area contributed by atoms with E-state index in [-0.39, 0.29) is 33.0 Å². The van der Waals surface area contributed by atoms with Crippen molar-refractivity contribution in [2.24, 2.45) is 0 Å². The zero-order valence-electron chi connectivity index (χ0n) is 9.46. The van der Waals surface area contributed by atoms with Crippen LogP contribution in [0.4, 0.5) is 0 Å². The molecule has 0 aliphatic rings. The highest BCUT2D eigenvalue weighted by Crippen LogP contribution is 1.79. The molecule has 0 saturated heterocycles. The van der Waals surface area contributed by atoms with Crippen molar-refractivity contribution in [3.8, 4) is 0 Å². The molecule has 96 valence electrons. The lowest BCUT2D eigenvalue weighted by molar-refractivity contribution is -0.0932. The molecule has 0 aliphatic carbocycles.